The molecule has 0 amide bonds. The Bertz CT molecular complexity index is 272. The molecule has 0 aromatic carbocycles. The molecule has 0 unspecified atom stereocenters. The molecule has 0 spiro atoms. The summed E-state index contributed by atoms with van der Waals surface area (Å²) in [6.45, 7) is 2.18. The molecule has 1 aromatic heterocycles. The van der Waals surface area contributed by atoms with E-state index in [1.807, 2.05) is 0 Å². The van der Waals surface area contributed by atoms with Crippen molar-refractivity contribution < 1.29 is 0 Å². The van der Waals surface area contributed by atoms with E-state index in [0.717, 1.165) is 19.5 Å². The molecule has 3 heteroatoms. The molecule has 2 heterocycles. The minimum absolute atomic E-state index is 1.02. The normalized spacial score (nSPS) is 18.4. The van der Waals surface area contributed by atoms with Gasteiger partial charge in [0.2, 0.25) is 0 Å². The first-order chi connectivity index (χ1) is 5.86. The van der Waals surface area contributed by atoms with Gasteiger partial charge in [0.25, 0.3) is 0 Å². The third-order valence-electron chi connectivity index (χ3n) is 2.29. The molecule has 64 valence electrons. The van der Waals surface area contributed by atoms with Gasteiger partial charge >= 0.3 is 0 Å². The third-order valence-corrected chi connectivity index (χ3v) is 2.29. The second kappa shape index (κ2) is 3.19. The summed E-state index contributed by atoms with van der Waals surface area (Å²) >= 11 is 0. The second-order valence-electron chi connectivity index (χ2n) is 3.34. The van der Waals surface area contributed by atoms with Crippen molar-refractivity contribution in [2.75, 3.05) is 13.6 Å². The fraction of sp³-hybridized carbons (Fsp3) is 0.556. The maximum Gasteiger partial charge on any atom is 0.0676 e. The highest BCUT2D eigenvalue weighted by molar-refractivity contribution is 5.18. The van der Waals surface area contributed by atoms with E-state index in [2.05, 4.69) is 28.2 Å². The molecular formula is C9H13N3. The summed E-state index contributed by atoms with van der Waals surface area (Å²) in [5.41, 5.74) is 2.52. The van der Waals surface area contributed by atoms with Crippen molar-refractivity contribution >= 4 is 0 Å². The van der Waals surface area contributed by atoms with Crippen LogP contribution in [-0.4, -0.2) is 28.7 Å². The highest BCUT2D eigenvalue weighted by Gasteiger charge is 2.11. The molecule has 0 atom stereocenters. The van der Waals surface area contributed by atoms with Crippen LogP contribution in [0.5, 0.6) is 0 Å². The summed E-state index contributed by atoms with van der Waals surface area (Å²) in [4.78, 5) is 2.33. The first-order valence-electron chi connectivity index (χ1n) is 4.34. The van der Waals surface area contributed by atoms with E-state index >= 15 is 0 Å². The van der Waals surface area contributed by atoms with E-state index < -0.39 is 0 Å². The lowest BCUT2D eigenvalue weighted by molar-refractivity contribution is 0.332. The quantitative estimate of drug-likeness (QED) is 0.568. The Morgan fingerprint density at radius 1 is 1.50 bits per heavy atom. The fourth-order valence-corrected chi connectivity index (χ4v) is 1.63. The number of nitrogens with zero attached hydrogens (tertiary/aromatic N) is 3. The average Bonchev–Trinajstić information content (AvgIpc) is 2.25. The second-order valence-corrected chi connectivity index (χ2v) is 3.34. The average molecular weight is 163 g/mol. The molecule has 0 N–H and O–H groups in total. The van der Waals surface area contributed by atoms with Crippen molar-refractivity contribution in [2.45, 2.75) is 19.4 Å². The molecule has 0 saturated heterocycles. The molecule has 0 aliphatic carbocycles. The first kappa shape index (κ1) is 7.68. The zero-order valence-electron chi connectivity index (χ0n) is 7.32. The standard InChI is InChI=1S/C9H13N3/c1-12-6-2-3-9-8(7-12)4-5-10-11-9/h4-5H,2-3,6-7H2,1H3. The zero-order valence-corrected chi connectivity index (χ0v) is 7.32. The van der Waals surface area contributed by atoms with Gasteiger partial charge in [0.05, 0.1) is 5.69 Å². The predicted octanol–water partition coefficient (Wildman–Crippen LogP) is 0.855. The first-order valence-corrected chi connectivity index (χ1v) is 4.34. The van der Waals surface area contributed by atoms with E-state index in [1.54, 1.807) is 6.20 Å². The van der Waals surface area contributed by atoms with Crippen LogP contribution < -0.4 is 0 Å². The Morgan fingerprint density at radius 2 is 2.42 bits per heavy atom. The maximum absolute atomic E-state index is 4.14. The number of fused-ring (bicyclic) bond motifs is 1. The Morgan fingerprint density at radius 3 is 3.33 bits per heavy atom. The van der Waals surface area contributed by atoms with Crippen molar-refractivity contribution in [1.82, 2.24) is 15.1 Å². The largest absolute Gasteiger partial charge is 0.302 e. The number of aryl methyl sites for hydroxylation is 1. The van der Waals surface area contributed by atoms with Gasteiger partial charge in [0, 0.05) is 12.7 Å². The van der Waals surface area contributed by atoms with E-state index in [1.165, 1.54) is 17.7 Å². The van der Waals surface area contributed by atoms with Gasteiger partial charge < -0.3 is 4.90 Å². The van der Waals surface area contributed by atoms with Crippen LogP contribution in [0.4, 0.5) is 0 Å². The minimum atomic E-state index is 1.02. The molecule has 0 fully saturated rings. The molecule has 1 aliphatic rings. The number of hydrogen-bond acceptors (Lipinski definition) is 3. The van der Waals surface area contributed by atoms with E-state index in [4.69, 9.17) is 0 Å². The van der Waals surface area contributed by atoms with E-state index in [0.29, 0.717) is 0 Å². The number of rotatable bonds is 0. The lowest BCUT2D eigenvalue weighted by Gasteiger charge is -2.12. The van der Waals surface area contributed by atoms with Gasteiger partial charge in [0.1, 0.15) is 0 Å². The van der Waals surface area contributed by atoms with Crippen LogP contribution in [0, 0.1) is 0 Å². The van der Waals surface area contributed by atoms with E-state index in [9.17, 15) is 0 Å². The molecule has 1 aliphatic heterocycles. The van der Waals surface area contributed by atoms with Gasteiger partial charge in [-0.05, 0) is 38.1 Å². The van der Waals surface area contributed by atoms with Crippen molar-refractivity contribution in [3.05, 3.63) is 23.5 Å². The highest BCUT2D eigenvalue weighted by Crippen LogP contribution is 2.13. The molecule has 3 nitrogen and oxygen atoms in total. The van der Waals surface area contributed by atoms with Gasteiger partial charge in [0.15, 0.2) is 0 Å². The molecular weight excluding hydrogens is 150 g/mol. The Kier molecular flexibility index (Phi) is 2.04. The minimum Gasteiger partial charge on any atom is -0.302 e. The summed E-state index contributed by atoms with van der Waals surface area (Å²) in [6, 6.07) is 2.07. The van der Waals surface area contributed by atoms with Gasteiger partial charge in [-0.2, -0.15) is 10.2 Å². The summed E-state index contributed by atoms with van der Waals surface area (Å²) < 4.78 is 0. The molecule has 12 heavy (non-hydrogen) atoms. The van der Waals surface area contributed by atoms with Gasteiger partial charge in [-0.1, -0.05) is 0 Å². The molecule has 2 rings (SSSR count). The summed E-state index contributed by atoms with van der Waals surface area (Å²) in [6.07, 6.45) is 4.05. The van der Waals surface area contributed by atoms with Crippen LogP contribution >= 0.6 is 0 Å². The number of aromatic nitrogens is 2. The summed E-state index contributed by atoms with van der Waals surface area (Å²) in [5, 5.41) is 8.03. The number of hydrogen-bond donors (Lipinski definition) is 0. The van der Waals surface area contributed by atoms with Crippen LogP contribution in [0.2, 0.25) is 0 Å². The van der Waals surface area contributed by atoms with Crippen LogP contribution in [0.1, 0.15) is 17.7 Å². The third kappa shape index (κ3) is 1.46. The molecule has 0 saturated carbocycles. The summed E-state index contributed by atoms with van der Waals surface area (Å²) in [7, 11) is 2.15. The fourth-order valence-electron chi connectivity index (χ4n) is 1.63. The van der Waals surface area contributed by atoms with Gasteiger partial charge in [-0.15, -0.1) is 0 Å². The topological polar surface area (TPSA) is 29.0 Å². The SMILES string of the molecule is CN1CCCc2nnccc2C1. The van der Waals surface area contributed by atoms with Crippen LogP contribution in [0.15, 0.2) is 12.3 Å². The van der Waals surface area contributed by atoms with Gasteiger partial charge in [-0.3, -0.25) is 0 Å². The lowest BCUT2D eigenvalue weighted by Crippen LogP contribution is -2.17. The van der Waals surface area contributed by atoms with Crippen LogP contribution in [0.3, 0.4) is 0 Å². The van der Waals surface area contributed by atoms with Crippen LogP contribution in [0.25, 0.3) is 0 Å². The van der Waals surface area contributed by atoms with Gasteiger partial charge in [-0.25, -0.2) is 0 Å². The van der Waals surface area contributed by atoms with Crippen molar-refractivity contribution in [2.24, 2.45) is 0 Å². The molecule has 0 bridgehead atoms. The van der Waals surface area contributed by atoms with Crippen molar-refractivity contribution in [3.8, 4) is 0 Å². The van der Waals surface area contributed by atoms with Crippen LogP contribution in [-0.2, 0) is 13.0 Å². The smallest absolute Gasteiger partial charge is 0.0676 e. The Balaban J connectivity index is 2.31. The van der Waals surface area contributed by atoms with Crippen molar-refractivity contribution in [1.29, 1.82) is 0 Å². The monoisotopic (exact) mass is 163 g/mol. The molecule has 1 aromatic rings. The van der Waals surface area contributed by atoms with E-state index in [-0.39, 0.29) is 0 Å². The molecule has 0 radical (unpaired) electrons. The Hall–Kier alpha value is -0.960. The highest BCUT2D eigenvalue weighted by atomic mass is 15.1. The van der Waals surface area contributed by atoms with Crippen molar-refractivity contribution in [3.63, 3.8) is 0 Å². The zero-order chi connectivity index (χ0) is 8.39. The Labute approximate surface area is 72.4 Å². The lowest BCUT2D eigenvalue weighted by atomic mass is 10.1. The summed E-state index contributed by atoms with van der Waals surface area (Å²) in [5.74, 6) is 0. The maximum atomic E-state index is 4.14. The predicted molar refractivity (Wildman–Crippen MR) is 46.7 cm³/mol.